The van der Waals surface area contributed by atoms with Gasteiger partial charge in [0.2, 0.25) is 15.9 Å². The quantitative estimate of drug-likeness (QED) is 0.741. The summed E-state index contributed by atoms with van der Waals surface area (Å²) in [7, 11) is 0.639. The molecule has 1 aromatic carbocycles. The van der Waals surface area contributed by atoms with Gasteiger partial charge in [0, 0.05) is 30.7 Å². The molecular weight excluding hydrogens is 398 g/mol. The lowest BCUT2D eigenvalue weighted by Crippen LogP contribution is -2.32. The number of carbonyl (C=O) groups excluding carboxylic acids is 1. The van der Waals surface area contributed by atoms with E-state index in [9.17, 15) is 13.2 Å². The fourth-order valence-electron chi connectivity index (χ4n) is 3.36. The topological polar surface area (TPSA) is 79.0 Å². The van der Waals surface area contributed by atoms with Crippen molar-refractivity contribution >= 4 is 33.0 Å². The third kappa shape index (κ3) is 4.38. The second kappa shape index (κ2) is 8.60. The Balaban J connectivity index is 1.74. The van der Waals surface area contributed by atoms with E-state index in [1.807, 2.05) is 6.07 Å². The number of nitrogens with one attached hydrogen (secondary N) is 1. The molecule has 1 atom stereocenters. The lowest BCUT2D eigenvalue weighted by atomic mass is 10.2. The highest BCUT2D eigenvalue weighted by atomic mass is 32.2. The predicted molar refractivity (Wildman–Crippen MR) is 110 cm³/mol. The van der Waals surface area contributed by atoms with Crippen molar-refractivity contribution in [2.45, 2.75) is 23.8 Å². The number of thiophene rings is 1. The van der Waals surface area contributed by atoms with Gasteiger partial charge in [-0.15, -0.1) is 11.3 Å². The van der Waals surface area contributed by atoms with E-state index in [0.29, 0.717) is 5.69 Å². The average Bonchev–Trinajstić information content (AvgIpc) is 3.32. The largest absolute Gasteiger partial charge is 0.495 e. The molecule has 7 nitrogen and oxygen atoms in total. The van der Waals surface area contributed by atoms with Gasteiger partial charge >= 0.3 is 0 Å². The molecule has 0 spiro atoms. The van der Waals surface area contributed by atoms with Crippen LogP contribution in [0.4, 0.5) is 5.69 Å². The summed E-state index contributed by atoms with van der Waals surface area (Å²) in [6, 6.07) is 9.04. The summed E-state index contributed by atoms with van der Waals surface area (Å²) in [6.07, 6.45) is 2.10. The number of methoxy groups -OCH3 is 1. The summed E-state index contributed by atoms with van der Waals surface area (Å²) in [5.41, 5.74) is 0.429. The van der Waals surface area contributed by atoms with E-state index >= 15 is 0 Å². The first-order valence-corrected chi connectivity index (χ1v) is 11.3. The van der Waals surface area contributed by atoms with Gasteiger partial charge in [-0.25, -0.2) is 12.7 Å². The van der Waals surface area contributed by atoms with Crippen LogP contribution in [0.3, 0.4) is 0 Å². The number of nitrogens with zero attached hydrogens (tertiary/aromatic N) is 2. The van der Waals surface area contributed by atoms with Crippen LogP contribution >= 0.6 is 11.3 Å². The van der Waals surface area contributed by atoms with Crippen molar-refractivity contribution in [3.63, 3.8) is 0 Å². The van der Waals surface area contributed by atoms with E-state index in [4.69, 9.17) is 4.74 Å². The highest BCUT2D eigenvalue weighted by Gasteiger charge is 2.28. The first-order valence-electron chi connectivity index (χ1n) is 9.01. The standard InChI is InChI=1S/C19H25N3O4S2/c1-21(2)28(24,25)18-12-14(8-9-16(18)26-3)20-19(23)13-22-10-4-6-15(22)17-7-5-11-27-17/h5,7-9,11-12,15H,4,6,10,13H2,1-3H3,(H,20,23)/t15-/m0/s1. The summed E-state index contributed by atoms with van der Waals surface area (Å²) < 4.78 is 31.4. The first kappa shape index (κ1) is 20.8. The molecule has 3 rings (SSSR count). The van der Waals surface area contributed by atoms with E-state index in [-0.39, 0.29) is 29.1 Å². The van der Waals surface area contributed by atoms with Gasteiger partial charge in [0.15, 0.2) is 0 Å². The normalized spacial score (nSPS) is 17.8. The highest BCUT2D eigenvalue weighted by molar-refractivity contribution is 7.89. The van der Waals surface area contributed by atoms with Crippen LogP contribution in [0.25, 0.3) is 0 Å². The second-order valence-electron chi connectivity index (χ2n) is 6.85. The van der Waals surface area contributed by atoms with Gasteiger partial charge in [0.25, 0.3) is 0 Å². The van der Waals surface area contributed by atoms with Gasteiger partial charge in [-0.3, -0.25) is 9.69 Å². The smallest absolute Gasteiger partial charge is 0.246 e. The highest BCUT2D eigenvalue weighted by Crippen LogP contribution is 2.34. The Morgan fingerprint density at radius 2 is 2.14 bits per heavy atom. The van der Waals surface area contributed by atoms with E-state index in [1.54, 1.807) is 23.5 Å². The predicted octanol–water partition coefficient (Wildman–Crippen LogP) is 2.78. The Bertz CT molecular complexity index is 927. The van der Waals surface area contributed by atoms with Crippen LogP contribution in [-0.4, -0.2) is 57.8 Å². The minimum atomic E-state index is -3.69. The molecule has 2 heterocycles. The maximum Gasteiger partial charge on any atom is 0.246 e. The Hall–Kier alpha value is -1.94. The number of amides is 1. The summed E-state index contributed by atoms with van der Waals surface area (Å²) in [4.78, 5) is 16.1. The molecule has 1 aliphatic rings. The van der Waals surface area contributed by atoms with Crippen molar-refractivity contribution in [3.8, 4) is 5.75 Å². The molecule has 28 heavy (non-hydrogen) atoms. The number of hydrogen-bond acceptors (Lipinski definition) is 6. The monoisotopic (exact) mass is 423 g/mol. The molecule has 152 valence electrons. The number of likely N-dealkylation sites (tertiary alicyclic amines) is 1. The zero-order valence-electron chi connectivity index (χ0n) is 16.2. The second-order valence-corrected chi connectivity index (χ2v) is 9.94. The minimum Gasteiger partial charge on any atom is -0.495 e. The number of anilines is 1. The lowest BCUT2D eigenvalue weighted by molar-refractivity contribution is -0.117. The van der Waals surface area contributed by atoms with Crippen molar-refractivity contribution in [1.82, 2.24) is 9.21 Å². The number of carbonyl (C=O) groups is 1. The number of hydrogen-bond donors (Lipinski definition) is 1. The molecule has 1 aromatic heterocycles. The van der Waals surface area contributed by atoms with Gasteiger partial charge in [-0.05, 0) is 49.0 Å². The van der Waals surface area contributed by atoms with Crippen LogP contribution in [0.1, 0.15) is 23.8 Å². The van der Waals surface area contributed by atoms with Crippen LogP contribution in [0.15, 0.2) is 40.6 Å². The number of benzene rings is 1. The fraction of sp³-hybridized carbons (Fsp3) is 0.421. The van der Waals surface area contributed by atoms with Gasteiger partial charge in [0.05, 0.1) is 13.7 Å². The van der Waals surface area contributed by atoms with Crippen molar-refractivity contribution in [2.24, 2.45) is 0 Å². The van der Waals surface area contributed by atoms with Crippen molar-refractivity contribution in [1.29, 1.82) is 0 Å². The maximum atomic E-state index is 12.6. The average molecular weight is 424 g/mol. The van der Waals surface area contributed by atoms with Gasteiger partial charge < -0.3 is 10.1 Å². The molecule has 1 N–H and O–H groups in total. The molecule has 1 fully saturated rings. The van der Waals surface area contributed by atoms with Gasteiger partial charge in [0.1, 0.15) is 10.6 Å². The summed E-state index contributed by atoms with van der Waals surface area (Å²) in [5.74, 6) is 0.0748. The number of ether oxygens (including phenoxy) is 1. The van der Waals surface area contributed by atoms with Crippen LogP contribution < -0.4 is 10.1 Å². The van der Waals surface area contributed by atoms with Crippen molar-refractivity contribution in [2.75, 3.05) is 39.6 Å². The molecule has 2 aromatic rings. The summed E-state index contributed by atoms with van der Waals surface area (Å²) in [6.45, 7) is 1.14. The fourth-order valence-corrected chi connectivity index (χ4v) is 5.33. The molecule has 0 aliphatic carbocycles. The van der Waals surface area contributed by atoms with Gasteiger partial charge in [-0.2, -0.15) is 0 Å². The molecule has 1 saturated heterocycles. The molecule has 1 amide bonds. The molecule has 0 saturated carbocycles. The third-order valence-corrected chi connectivity index (χ3v) is 7.60. The third-order valence-electron chi connectivity index (χ3n) is 4.79. The van der Waals surface area contributed by atoms with E-state index < -0.39 is 10.0 Å². The van der Waals surface area contributed by atoms with Crippen molar-refractivity contribution in [3.05, 3.63) is 40.6 Å². The molecular formula is C19H25N3O4S2. The Kier molecular flexibility index (Phi) is 6.39. The summed E-state index contributed by atoms with van der Waals surface area (Å²) >= 11 is 1.71. The Labute approximate surface area is 170 Å². The molecule has 0 unspecified atom stereocenters. The SMILES string of the molecule is COc1ccc(NC(=O)CN2CCC[C@H]2c2cccs2)cc1S(=O)(=O)N(C)C. The number of sulfonamides is 1. The van der Waals surface area contributed by atoms with E-state index in [2.05, 4.69) is 21.7 Å². The zero-order valence-corrected chi connectivity index (χ0v) is 17.8. The number of rotatable bonds is 7. The zero-order chi connectivity index (χ0) is 20.3. The molecule has 9 heteroatoms. The van der Waals surface area contributed by atoms with Gasteiger partial charge in [-0.1, -0.05) is 6.07 Å². The maximum absolute atomic E-state index is 12.6. The van der Waals surface area contributed by atoms with Crippen LogP contribution in [-0.2, 0) is 14.8 Å². The minimum absolute atomic E-state index is 0.0236. The first-order chi connectivity index (χ1) is 13.3. The summed E-state index contributed by atoms with van der Waals surface area (Å²) in [5, 5.41) is 4.87. The molecule has 0 radical (unpaired) electrons. The van der Waals surface area contributed by atoms with E-state index in [1.165, 1.54) is 32.1 Å². The van der Waals surface area contributed by atoms with Crippen molar-refractivity contribution < 1.29 is 17.9 Å². The van der Waals surface area contributed by atoms with E-state index in [0.717, 1.165) is 23.7 Å². The molecule has 0 bridgehead atoms. The van der Waals surface area contributed by atoms with Crippen LogP contribution in [0, 0.1) is 0 Å². The van der Waals surface area contributed by atoms with Crippen LogP contribution in [0.2, 0.25) is 0 Å². The molecule has 1 aliphatic heterocycles. The Morgan fingerprint density at radius 3 is 2.79 bits per heavy atom. The lowest BCUT2D eigenvalue weighted by Gasteiger charge is -2.23. The Morgan fingerprint density at radius 1 is 1.36 bits per heavy atom. The van der Waals surface area contributed by atoms with Crippen LogP contribution in [0.5, 0.6) is 5.75 Å².